The van der Waals surface area contributed by atoms with Gasteiger partial charge in [-0.05, 0) is 25.7 Å². The first-order valence-electron chi connectivity index (χ1n) is 7.67. The van der Waals surface area contributed by atoms with E-state index in [4.69, 9.17) is 0 Å². The molecule has 23 heavy (non-hydrogen) atoms. The Morgan fingerprint density at radius 1 is 1.26 bits per heavy atom. The number of hydrogen-bond donors (Lipinski definition) is 2. The van der Waals surface area contributed by atoms with Crippen molar-refractivity contribution in [3.05, 3.63) is 5.38 Å². The van der Waals surface area contributed by atoms with E-state index in [1.807, 2.05) is 4.90 Å². The fraction of sp³-hybridized carbons (Fsp3) is 0.692. The van der Waals surface area contributed by atoms with Crippen LogP contribution in [-0.2, 0) is 15.0 Å². The molecule has 2 saturated heterocycles. The van der Waals surface area contributed by atoms with Crippen LogP contribution in [0.4, 0.5) is 5.13 Å². The Morgan fingerprint density at radius 2 is 1.91 bits per heavy atom. The van der Waals surface area contributed by atoms with Crippen molar-refractivity contribution in [1.82, 2.24) is 14.0 Å². The second-order valence-electron chi connectivity index (χ2n) is 5.83. The molecule has 128 valence electrons. The van der Waals surface area contributed by atoms with Gasteiger partial charge in [0.2, 0.25) is 11.8 Å². The minimum absolute atomic E-state index is 0.00146. The standard InChI is InChI=1S/C13H20N4O4S2/c18-11-9-22-13(14-11)16-7-3-10(4-8-16)12(19)15-23(20,21)17-5-1-2-6-17/h9-10,18H,1-8H2,(H,15,19). The minimum atomic E-state index is -3.69. The van der Waals surface area contributed by atoms with Gasteiger partial charge in [0.05, 0.1) is 5.38 Å². The first-order valence-corrected chi connectivity index (χ1v) is 9.99. The van der Waals surface area contributed by atoms with E-state index >= 15 is 0 Å². The molecule has 0 atom stereocenters. The Labute approximate surface area is 139 Å². The van der Waals surface area contributed by atoms with Crippen molar-refractivity contribution in [3.63, 3.8) is 0 Å². The molecule has 0 radical (unpaired) electrons. The predicted octanol–water partition coefficient (Wildman–Crippen LogP) is 0.522. The lowest BCUT2D eigenvalue weighted by atomic mass is 9.97. The molecule has 3 rings (SSSR count). The summed E-state index contributed by atoms with van der Waals surface area (Å²) in [7, 11) is -3.69. The number of piperidine rings is 1. The van der Waals surface area contributed by atoms with Crippen LogP contribution in [-0.4, -0.2) is 54.9 Å². The maximum Gasteiger partial charge on any atom is 0.303 e. The molecule has 0 aliphatic carbocycles. The Bertz CT molecular complexity index is 661. The summed E-state index contributed by atoms with van der Waals surface area (Å²) in [5, 5.41) is 11.6. The number of amides is 1. The molecule has 0 spiro atoms. The Balaban J connectivity index is 1.54. The van der Waals surface area contributed by atoms with Crippen molar-refractivity contribution < 1.29 is 18.3 Å². The largest absolute Gasteiger partial charge is 0.493 e. The third-order valence-electron chi connectivity index (χ3n) is 4.25. The number of nitrogens with one attached hydrogen (secondary N) is 1. The summed E-state index contributed by atoms with van der Waals surface area (Å²) in [5.74, 6) is -0.725. The molecule has 0 unspecified atom stereocenters. The summed E-state index contributed by atoms with van der Waals surface area (Å²) in [6, 6.07) is 0. The Morgan fingerprint density at radius 3 is 2.48 bits per heavy atom. The zero-order chi connectivity index (χ0) is 16.4. The van der Waals surface area contributed by atoms with Gasteiger partial charge in [-0.3, -0.25) is 4.79 Å². The summed E-state index contributed by atoms with van der Waals surface area (Å²) >= 11 is 1.35. The number of anilines is 1. The monoisotopic (exact) mass is 360 g/mol. The highest BCUT2D eigenvalue weighted by Gasteiger charge is 2.32. The average Bonchev–Trinajstić information content (AvgIpc) is 3.18. The van der Waals surface area contributed by atoms with Crippen molar-refractivity contribution >= 4 is 32.6 Å². The Kier molecular flexibility index (Phi) is 4.74. The highest BCUT2D eigenvalue weighted by Crippen LogP contribution is 2.28. The van der Waals surface area contributed by atoms with Gasteiger partial charge in [-0.25, -0.2) is 4.72 Å². The average molecular weight is 360 g/mol. The van der Waals surface area contributed by atoms with Crippen LogP contribution in [0.2, 0.25) is 0 Å². The van der Waals surface area contributed by atoms with Gasteiger partial charge in [0.15, 0.2) is 5.13 Å². The topological polar surface area (TPSA) is 103 Å². The summed E-state index contributed by atoms with van der Waals surface area (Å²) in [5.41, 5.74) is 0. The molecule has 0 saturated carbocycles. The van der Waals surface area contributed by atoms with Crippen LogP contribution in [0.5, 0.6) is 5.88 Å². The summed E-state index contributed by atoms with van der Waals surface area (Å²) in [4.78, 5) is 18.2. The molecule has 2 aliphatic rings. The first kappa shape index (κ1) is 16.5. The summed E-state index contributed by atoms with van der Waals surface area (Å²) in [6.07, 6.45) is 2.83. The number of aromatic nitrogens is 1. The van der Waals surface area contributed by atoms with Gasteiger partial charge in [-0.15, -0.1) is 11.3 Å². The third-order valence-corrected chi connectivity index (χ3v) is 6.64. The van der Waals surface area contributed by atoms with E-state index in [9.17, 15) is 18.3 Å². The lowest BCUT2D eigenvalue weighted by Gasteiger charge is -2.31. The number of carbonyl (C=O) groups is 1. The Hall–Kier alpha value is -1.39. The van der Waals surface area contributed by atoms with E-state index in [1.54, 1.807) is 5.38 Å². The number of thiazole rings is 1. The van der Waals surface area contributed by atoms with Gasteiger partial charge >= 0.3 is 10.2 Å². The van der Waals surface area contributed by atoms with Crippen molar-refractivity contribution in [2.75, 3.05) is 31.1 Å². The van der Waals surface area contributed by atoms with E-state index in [-0.39, 0.29) is 11.8 Å². The van der Waals surface area contributed by atoms with Gasteiger partial charge in [0, 0.05) is 32.1 Å². The highest BCUT2D eigenvalue weighted by atomic mass is 32.2. The normalized spacial score (nSPS) is 20.8. The summed E-state index contributed by atoms with van der Waals surface area (Å²) in [6.45, 7) is 2.20. The molecule has 8 nitrogen and oxygen atoms in total. The molecule has 3 heterocycles. The fourth-order valence-corrected chi connectivity index (χ4v) is 4.97. The first-order chi connectivity index (χ1) is 11.0. The predicted molar refractivity (Wildman–Crippen MR) is 86.6 cm³/mol. The van der Waals surface area contributed by atoms with Crippen molar-refractivity contribution in [2.24, 2.45) is 5.92 Å². The number of carbonyl (C=O) groups excluding carboxylic acids is 1. The minimum Gasteiger partial charge on any atom is -0.493 e. The van der Waals surface area contributed by atoms with E-state index in [0.29, 0.717) is 39.0 Å². The second kappa shape index (κ2) is 6.62. The molecule has 0 aromatic carbocycles. The fourth-order valence-electron chi connectivity index (χ4n) is 2.94. The molecule has 1 amide bonds. The lowest BCUT2D eigenvalue weighted by molar-refractivity contribution is -0.123. The zero-order valence-electron chi connectivity index (χ0n) is 12.6. The van der Waals surface area contributed by atoms with Crippen LogP contribution in [0.3, 0.4) is 0 Å². The van der Waals surface area contributed by atoms with Gasteiger partial charge in [0.25, 0.3) is 0 Å². The lowest BCUT2D eigenvalue weighted by Crippen LogP contribution is -2.46. The van der Waals surface area contributed by atoms with Gasteiger partial charge < -0.3 is 10.0 Å². The highest BCUT2D eigenvalue weighted by molar-refractivity contribution is 7.87. The van der Waals surface area contributed by atoms with Crippen LogP contribution in [0.25, 0.3) is 0 Å². The molecule has 2 fully saturated rings. The van der Waals surface area contributed by atoms with E-state index in [2.05, 4.69) is 9.71 Å². The van der Waals surface area contributed by atoms with Crippen LogP contribution < -0.4 is 9.62 Å². The number of rotatable bonds is 4. The molecule has 2 aliphatic heterocycles. The second-order valence-corrected chi connectivity index (χ2v) is 8.33. The summed E-state index contributed by atoms with van der Waals surface area (Å²) < 4.78 is 27.8. The van der Waals surface area contributed by atoms with Gasteiger partial charge in [0.1, 0.15) is 0 Å². The van der Waals surface area contributed by atoms with Crippen LogP contribution in [0.1, 0.15) is 25.7 Å². The maximum absolute atomic E-state index is 12.2. The number of hydrogen-bond acceptors (Lipinski definition) is 7. The van der Waals surface area contributed by atoms with Crippen molar-refractivity contribution in [2.45, 2.75) is 25.7 Å². The van der Waals surface area contributed by atoms with E-state index in [0.717, 1.165) is 18.0 Å². The molecule has 1 aromatic rings. The number of aromatic hydroxyl groups is 1. The smallest absolute Gasteiger partial charge is 0.303 e. The van der Waals surface area contributed by atoms with E-state index < -0.39 is 16.1 Å². The molecular weight excluding hydrogens is 340 g/mol. The molecule has 10 heteroatoms. The molecule has 1 aromatic heterocycles. The van der Waals surface area contributed by atoms with Crippen LogP contribution in [0, 0.1) is 5.92 Å². The molecular formula is C13H20N4O4S2. The SMILES string of the molecule is O=C(NS(=O)(=O)N1CCCC1)C1CCN(c2nc(O)cs2)CC1. The molecule has 2 N–H and O–H groups in total. The quantitative estimate of drug-likeness (QED) is 0.812. The van der Waals surface area contributed by atoms with Crippen molar-refractivity contribution in [1.29, 1.82) is 0 Å². The van der Waals surface area contributed by atoms with Gasteiger partial charge in [-0.2, -0.15) is 17.7 Å². The van der Waals surface area contributed by atoms with Crippen LogP contribution in [0.15, 0.2) is 5.38 Å². The number of nitrogens with zero attached hydrogens (tertiary/aromatic N) is 3. The molecule has 0 bridgehead atoms. The maximum atomic E-state index is 12.2. The van der Waals surface area contributed by atoms with Gasteiger partial charge in [-0.1, -0.05) is 0 Å². The van der Waals surface area contributed by atoms with Crippen LogP contribution >= 0.6 is 11.3 Å². The van der Waals surface area contributed by atoms with Crippen molar-refractivity contribution in [3.8, 4) is 5.88 Å². The zero-order valence-corrected chi connectivity index (χ0v) is 14.3. The van der Waals surface area contributed by atoms with E-state index in [1.165, 1.54) is 15.6 Å². The third kappa shape index (κ3) is 3.75.